The van der Waals surface area contributed by atoms with Gasteiger partial charge in [-0.25, -0.2) is 4.98 Å². The summed E-state index contributed by atoms with van der Waals surface area (Å²) in [4.78, 5) is 36.8. The van der Waals surface area contributed by atoms with Crippen molar-refractivity contribution in [3.05, 3.63) is 66.5 Å². The molecule has 0 bridgehead atoms. The molecular weight excluding hydrogens is 476 g/mol. The highest BCUT2D eigenvalue weighted by molar-refractivity contribution is 6.17. The molecule has 1 atom stereocenters. The van der Waals surface area contributed by atoms with E-state index in [4.69, 9.17) is 23.9 Å². The Labute approximate surface area is 213 Å². The zero-order valence-electron chi connectivity index (χ0n) is 20.8. The molecule has 190 valence electrons. The molecule has 2 amide bonds. The Morgan fingerprint density at radius 2 is 1.59 bits per heavy atom. The number of H-pyrrole nitrogens is 1. The first-order valence-electron chi connectivity index (χ1n) is 11.5. The summed E-state index contributed by atoms with van der Waals surface area (Å²) in [6.07, 6.45) is -0.120. The van der Waals surface area contributed by atoms with E-state index in [0.29, 0.717) is 45.7 Å². The Morgan fingerprint density at radius 1 is 0.919 bits per heavy atom. The molecule has 0 saturated carbocycles. The van der Waals surface area contributed by atoms with Crippen molar-refractivity contribution in [1.29, 1.82) is 0 Å². The number of hydrogen-bond donors (Lipinski definition) is 2. The number of fused-ring (bicyclic) bond motifs is 1. The van der Waals surface area contributed by atoms with Crippen LogP contribution in [0.15, 0.2) is 60.7 Å². The highest BCUT2D eigenvalue weighted by atomic mass is 16.5. The molecule has 37 heavy (non-hydrogen) atoms. The second-order valence-electron chi connectivity index (χ2n) is 8.43. The average Bonchev–Trinajstić information content (AvgIpc) is 3.35. The van der Waals surface area contributed by atoms with Gasteiger partial charge in [-0.05, 0) is 36.4 Å². The molecule has 1 aromatic heterocycles. The molecule has 2 heterocycles. The second-order valence-corrected chi connectivity index (χ2v) is 8.43. The van der Waals surface area contributed by atoms with Crippen molar-refractivity contribution in [2.75, 3.05) is 38.7 Å². The standard InChI is InChI=1S/C27H26N4O6/c1-34-16-9-11-22(36-3)20(13-16)30-26(33)27(25-28-18-7-5-6-8-19(18)29-25)15-24(32)31(27)21-14-17(35-2)10-12-23(21)37-4/h5-14H,15H2,1-4H3,(H,28,29)(H,30,33). The van der Waals surface area contributed by atoms with Gasteiger partial charge in [0.05, 0.1) is 57.3 Å². The third kappa shape index (κ3) is 3.86. The SMILES string of the molecule is COc1ccc(OC)c(NC(=O)C2(c3nc4ccccc4[nH]3)CC(=O)N2c2cc(OC)ccc2OC)c1. The van der Waals surface area contributed by atoms with Crippen molar-refractivity contribution < 1.29 is 28.5 Å². The number of carbonyl (C=O) groups is 2. The van der Waals surface area contributed by atoms with Crippen LogP contribution in [-0.4, -0.2) is 50.2 Å². The predicted octanol–water partition coefficient (Wildman–Crippen LogP) is 3.87. The topological polar surface area (TPSA) is 115 Å². The van der Waals surface area contributed by atoms with Crippen LogP contribution in [-0.2, 0) is 15.1 Å². The molecule has 5 rings (SSSR count). The molecule has 2 N–H and O–H groups in total. The minimum atomic E-state index is -1.51. The van der Waals surface area contributed by atoms with Crippen LogP contribution in [0, 0.1) is 0 Å². The van der Waals surface area contributed by atoms with Gasteiger partial charge < -0.3 is 29.2 Å². The summed E-state index contributed by atoms with van der Waals surface area (Å²) in [6, 6.07) is 17.6. The monoisotopic (exact) mass is 502 g/mol. The van der Waals surface area contributed by atoms with E-state index >= 15 is 0 Å². The van der Waals surface area contributed by atoms with Crippen molar-refractivity contribution in [3.63, 3.8) is 0 Å². The number of β-lactam (4-membered cyclic amide) rings is 1. The van der Waals surface area contributed by atoms with Crippen molar-refractivity contribution >= 4 is 34.2 Å². The van der Waals surface area contributed by atoms with Gasteiger partial charge >= 0.3 is 0 Å². The maximum atomic E-state index is 14.2. The van der Waals surface area contributed by atoms with Crippen molar-refractivity contribution in [1.82, 2.24) is 9.97 Å². The summed E-state index contributed by atoms with van der Waals surface area (Å²) in [5.41, 5.74) is 0.663. The van der Waals surface area contributed by atoms with E-state index in [1.54, 1.807) is 36.4 Å². The number of aromatic amines is 1. The summed E-state index contributed by atoms with van der Waals surface area (Å²) in [6.45, 7) is 0. The summed E-state index contributed by atoms with van der Waals surface area (Å²) < 4.78 is 21.7. The largest absolute Gasteiger partial charge is 0.497 e. The van der Waals surface area contributed by atoms with E-state index in [0.717, 1.165) is 5.52 Å². The third-order valence-electron chi connectivity index (χ3n) is 6.48. The van der Waals surface area contributed by atoms with Gasteiger partial charge in [0.15, 0.2) is 5.54 Å². The van der Waals surface area contributed by atoms with E-state index in [-0.39, 0.29) is 12.3 Å². The summed E-state index contributed by atoms with van der Waals surface area (Å²) in [5, 5.41) is 2.94. The molecule has 1 aliphatic heterocycles. The first kappa shape index (κ1) is 24.0. The lowest BCUT2D eigenvalue weighted by Gasteiger charge is -2.49. The van der Waals surface area contributed by atoms with Crippen LogP contribution >= 0.6 is 0 Å². The lowest BCUT2D eigenvalue weighted by atomic mass is 9.80. The number of imidazole rings is 1. The van der Waals surface area contributed by atoms with E-state index in [1.165, 1.54) is 33.3 Å². The van der Waals surface area contributed by atoms with E-state index < -0.39 is 11.4 Å². The van der Waals surface area contributed by atoms with Gasteiger partial charge in [0.1, 0.15) is 28.8 Å². The van der Waals surface area contributed by atoms with Gasteiger partial charge in [-0.15, -0.1) is 0 Å². The highest BCUT2D eigenvalue weighted by Gasteiger charge is 2.61. The minimum absolute atomic E-state index is 0.120. The number of benzene rings is 3. The predicted molar refractivity (Wildman–Crippen MR) is 138 cm³/mol. The summed E-state index contributed by atoms with van der Waals surface area (Å²) in [5.74, 6) is 1.43. The van der Waals surface area contributed by atoms with Crippen molar-refractivity contribution in [3.8, 4) is 23.0 Å². The number of nitrogens with zero attached hydrogens (tertiary/aromatic N) is 2. The normalized spacial score (nSPS) is 16.8. The van der Waals surface area contributed by atoms with E-state index in [2.05, 4.69) is 10.3 Å². The fourth-order valence-electron chi connectivity index (χ4n) is 4.58. The van der Waals surface area contributed by atoms with Crippen molar-refractivity contribution in [2.45, 2.75) is 12.0 Å². The molecule has 3 aromatic carbocycles. The molecule has 10 heteroatoms. The number of methoxy groups -OCH3 is 4. The number of hydrogen-bond acceptors (Lipinski definition) is 7. The molecule has 1 saturated heterocycles. The molecule has 0 radical (unpaired) electrons. The van der Waals surface area contributed by atoms with Crippen LogP contribution in [0.2, 0.25) is 0 Å². The molecule has 4 aromatic rings. The van der Waals surface area contributed by atoms with Crippen molar-refractivity contribution in [2.24, 2.45) is 0 Å². The van der Waals surface area contributed by atoms with Gasteiger partial charge in [0, 0.05) is 12.1 Å². The lowest BCUT2D eigenvalue weighted by Crippen LogP contribution is -2.67. The fraction of sp³-hybridized carbons (Fsp3) is 0.222. The average molecular weight is 503 g/mol. The summed E-state index contributed by atoms with van der Waals surface area (Å²) >= 11 is 0. The number of para-hydroxylation sites is 2. The maximum Gasteiger partial charge on any atom is 0.259 e. The van der Waals surface area contributed by atoms with E-state index in [1.807, 2.05) is 24.3 Å². The molecule has 1 unspecified atom stereocenters. The smallest absolute Gasteiger partial charge is 0.259 e. The zero-order chi connectivity index (χ0) is 26.2. The molecule has 1 aliphatic rings. The second kappa shape index (κ2) is 9.38. The first-order chi connectivity index (χ1) is 17.9. The van der Waals surface area contributed by atoms with Gasteiger partial charge in [0.25, 0.3) is 5.91 Å². The number of anilines is 2. The number of carbonyl (C=O) groups excluding carboxylic acids is 2. The number of nitrogens with one attached hydrogen (secondary N) is 2. The summed E-state index contributed by atoms with van der Waals surface area (Å²) in [7, 11) is 6.06. The Bertz CT molecular complexity index is 1470. The maximum absolute atomic E-state index is 14.2. The van der Waals surface area contributed by atoms with Crippen LogP contribution in [0.25, 0.3) is 11.0 Å². The molecule has 10 nitrogen and oxygen atoms in total. The van der Waals surface area contributed by atoms with E-state index in [9.17, 15) is 9.59 Å². The van der Waals surface area contributed by atoms with Crippen LogP contribution in [0.5, 0.6) is 23.0 Å². The highest BCUT2D eigenvalue weighted by Crippen LogP contribution is 2.49. The zero-order valence-corrected chi connectivity index (χ0v) is 20.8. The molecule has 1 fully saturated rings. The Kier molecular flexibility index (Phi) is 6.08. The lowest BCUT2D eigenvalue weighted by molar-refractivity contribution is -0.137. The minimum Gasteiger partial charge on any atom is -0.497 e. The Balaban J connectivity index is 1.68. The number of rotatable bonds is 8. The third-order valence-corrected chi connectivity index (χ3v) is 6.48. The van der Waals surface area contributed by atoms with Crippen LogP contribution < -0.4 is 29.2 Å². The number of amides is 2. The first-order valence-corrected chi connectivity index (χ1v) is 11.5. The Morgan fingerprint density at radius 3 is 2.24 bits per heavy atom. The van der Waals surface area contributed by atoms with Crippen LogP contribution in [0.4, 0.5) is 11.4 Å². The quantitative estimate of drug-likeness (QED) is 0.352. The number of aromatic nitrogens is 2. The van der Waals surface area contributed by atoms with Crippen LogP contribution in [0.3, 0.4) is 0 Å². The fourth-order valence-corrected chi connectivity index (χ4v) is 4.58. The van der Waals surface area contributed by atoms with Gasteiger partial charge in [-0.1, -0.05) is 12.1 Å². The van der Waals surface area contributed by atoms with Gasteiger partial charge in [-0.3, -0.25) is 14.5 Å². The molecule has 0 spiro atoms. The van der Waals surface area contributed by atoms with Gasteiger partial charge in [0.2, 0.25) is 5.91 Å². The molecular formula is C27H26N4O6. The molecule has 0 aliphatic carbocycles. The van der Waals surface area contributed by atoms with Crippen LogP contribution in [0.1, 0.15) is 12.2 Å². The van der Waals surface area contributed by atoms with Gasteiger partial charge in [-0.2, -0.15) is 0 Å². The number of ether oxygens (including phenoxy) is 4. The Hall–Kier alpha value is -4.73.